The number of para-hydroxylation sites is 1. The smallest absolute Gasteiger partial charge is 0.322 e. The molecule has 4 rings (SSSR count). The summed E-state index contributed by atoms with van der Waals surface area (Å²) in [5.74, 6) is 0.949. The maximum absolute atomic E-state index is 12.8. The van der Waals surface area contributed by atoms with Gasteiger partial charge in [0.25, 0.3) is 0 Å². The second-order valence-electron chi connectivity index (χ2n) is 6.56. The third-order valence-corrected chi connectivity index (χ3v) is 4.98. The van der Waals surface area contributed by atoms with E-state index >= 15 is 0 Å². The fourth-order valence-corrected chi connectivity index (χ4v) is 3.38. The van der Waals surface area contributed by atoms with Gasteiger partial charge in [0, 0.05) is 22.8 Å². The largest absolute Gasteiger partial charge is 0.337 e. The molecule has 1 atom stereocenters. The van der Waals surface area contributed by atoms with Crippen LogP contribution in [0, 0.1) is 6.92 Å². The van der Waals surface area contributed by atoms with E-state index in [9.17, 15) is 4.79 Å². The first-order chi connectivity index (χ1) is 13.1. The van der Waals surface area contributed by atoms with Crippen LogP contribution in [0.4, 0.5) is 10.5 Å². The molecule has 1 N–H and O–H groups in total. The molecule has 1 unspecified atom stereocenters. The van der Waals surface area contributed by atoms with Gasteiger partial charge in [-0.2, -0.15) is 4.98 Å². The van der Waals surface area contributed by atoms with Gasteiger partial charge in [-0.25, -0.2) is 4.79 Å². The Morgan fingerprint density at radius 2 is 2.00 bits per heavy atom. The van der Waals surface area contributed by atoms with Crippen molar-refractivity contribution in [2.24, 2.45) is 0 Å². The Morgan fingerprint density at radius 1 is 1.22 bits per heavy atom. The summed E-state index contributed by atoms with van der Waals surface area (Å²) in [7, 11) is 0. The average Bonchev–Trinajstić information content (AvgIpc) is 3.33. The number of aryl methyl sites for hydroxylation is 1. The molecular weight excluding hydrogens is 364 g/mol. The first-order valence-electron chi connectivity index (χ1n) is 8.84. The van der Waals surface area contributed by atoms with Crippen LogP contribution < -0.4 is 5.32 Å². The van der Waals surface area contributed by atoms with Gasteiger partial charge in [-0.1, -0.05) is 35.0 Å². The number of hydrogen-bond acceptors (Lipinski definition) is 4. The summed E-state index contributed by atoms with van der Waals surface area (Å²) in [6.07, 6.45) is 1.69. The lowest BCUT2D eigenvalue weighted by Gasteiger charge is -2.22. The molecule has 1 saturated heterocycles. The van der Waals surface area contributed by atoms with Crippen LogP contribution in [0.3, 0.4) is 0 Å². The zero-order chi connectivity index (χ0) is 18.8. The maximum Gasteiger partial charge on any atom is 0.322 e. The van der Waals surface area contributed by atoms with Crippen molar-refractivity contribution in [1.29, 1.82) is 0 Å². The van der Waals surface area contributed by atoms with Crippen molar-refractivity contribution < 1.29 is 9.32 Å². The van der Waals surface area contributed by atoms with Crippen LogP contribution in [0.5, 0.6) is 0 Å². The molecule has 138 valence electrons. The highest BCUT2D eigenvalue weighted by atomic mass is 35.5. The second-order valence-corrected chi connectivity index (χ2v) is 7.00. The molecule has 0 saturated carbocycles. The number of nitrogens with one attached hydrogen (secondary N) is 1. The zero-order valence-electron chi connectivity index (χ0n) is 14.9. The van der Waals surface area contributed by atoms with Gasteiger partial charge in [0.1, 0.15) is 6.04 Å². The highest BCUT2D eigenvalue weighted by molar-refractivity contribution is 6.30. The maximum atomic E-state index is 12.8. The van der Waals surface area contributed by atoms with Crippen molar-refractivity contribution >= 4 is 23.3 Å². The quantitative estimate of drug-likeness (QED) is 0.686. The second kappa shape index (κ2) is 7.40. The Balaban J connectivity index is 1.52. The number of benzene rings is 2. The number of anilines is 1. The van der Waals surface area contributed by atoms with Crippen LogP contribution >= 0.6 is 11.6 Å². The molecule has 1 aliphatic heterocycles. The molecule has 1 fully saturated rings. The Bertz CT molecular complexity index is 955. The van der Waals surface area contributed by atoms with Crippen LogP contribution in [-0.2, 0) is 0 Å². The lowest BCUT2D eigenvalue weighted by atomic mass is 10.2. The molecule has 0 radical (unpaired) electrons. The summed E-state index contributed by atoms with van der Waals surface area (Å²) in [6, 6.07) is 14.6. The molecule has 1 aliphatic rings. The van der Waals surface area contributed by atoms with Gasteiger partial charge < -0.3 is 14.7 Å². The number of likely N-dealkylation sites (tertiary alicyclic amines) is 1. The van der Waals surface area contributed by atoms with Gasteiger partial charge in [-0.05, 0) is 55.7 Å². The number of urea groups is 1. The highest BCUT2D eigenvalue weighted by Crippen LogP contribution is 2.33. The Hall–Kier alpha value is -2.86. The minimum atomic E-state index is -0.220. The van der Waals surface area contributed by atoms with E-state index in [1.165, 1.54) is 0 Å². The topological polar surface area (TPSA) is 71.3 Å². The van der Waals surface area contributed by atoms with Crippen molar-refractivity contribution in [2.45, 2.75) is 25.8 Å². The van der Waals surface area contributed by atoms with E-state index in [1.54, 1.807) is 17.0 Å². The molecule has 27 heavy (non-hydrogen) atoms. The van der Waals surface area contributed by atoms with E-state index in [0.29, 0.717) is 23.3 Å². The third kappa shape index (κ3) is 3.66. The van der Waals surface area contributed by atoms with Crippen molar-refractivity contribution in [1.82, 2.24) is 15.0 Å². The lowest BCUT2D eigenvalue weighted by Crippen LogP contribution is -2.34. The molecule has 6 nitrogen and oxygen atoms in total. The number of aromatic nitrogens is 2. The van der Waals surface area contributed by atoms with Crippen LogP contribution in [0.2, 0.25) is 5.02 Å². The molecule has 1 aromatic heterocycles. The van der Waals surface area contributed by atoms with Crippen molar-refractivity contribution in [3.63, 3.8) is 0 Å². The zero-order valence-corrected chi connectivity index (χ0v) is 15.6. The highest BCUT2D eigenvalue weighted by Gasteiger charge is 2.34. The van der Waals surface area contributed by atoms with Crippen molar-refractivity contribution in [3.05, 3.63) is 65.0 Å². The van der Waals surface area contributed by atoms with Crippen LogP contribution in [0.15, 0.2) is 53.1 Å². The Kier molecular flexibility index (Phi) is 4.81. The number of nitrogens with zero attached hydrogens (tertiary/aromatic N) is 3. The van der Waals surface area contributed by atoms with E-state index in [0.717, 1.165) is 29.7 Å². The average molecular weight is 383 g/mol. The Morgan fingerprint density at radius 3 is 2.78 bits per heavy atom. The minimum Gasteiger partial charge on any atom is -0.337 e. The predicted molar refractivity (Wildman–Crippen MR) is 104 cm³/mol. The summed E-state index contributed by atoms with van der Waals surface area (Å²) in [5, 5.41) is 7.69. The fourth-order valence-electron chi connectivity index (χ4n) is 3.25. The number of rotatable bonds is 3. The monoisotopic (exact) mass is 382 g/mol. The molecule has 3 aromatic rings. The first-order valence-corrected chi connectivity index (χ1v) is 9.22. The van der Waals surface area contributed by atoms with E-state index in [1.807, 2.05) is 43.3 Å². The van der Waals surface area contributed by atoms with Crippen LogP contribution in [0.1, 0.15) is 30.3 Å². The predicted octanol–water partition coefficient (Wildman–Crippen LogP) is 5.07. The van der Waals surface area contributed by atoms with E-state index in [2.05, 4.69) is 15.5 Å². The summed E-state index contributed by atoms with van der Waals surface area (Å²) >= 11 is 5.92. The molecule has 2 heterocycles. The van der Waals surface area contributed by atoms with Crippen LogP contribution in [-0.4, -0.2) is 27.6 Å². The number of halogens is 1. The van der Waals surface area contributed by atoms with E-state index in [4.69, 9.17) is 16.1 Å². The molecule has 0 aliphatic carbocycles. The van der Waals surface area contributed by atoms with Crippen molar-refractivity contribution in [3.8, 4) is 11.4 Å². The minimum absolute atomic E-state index is 0.155. The van der Waals surface area contributed by atoms with Gasteiger partial charge in [0.15, 0.2) is 0 Å². The first kappa shape index (κ1) is 17.5. The van der Waals surface area contributed by atoms with Gasteiger partial charge in [0.05, 0.1) is 0 Å². The summed E-state index contributed by atoms with van der Waals surface area (Å²) in [4.78, 5) is 19.0. The molecule has 2 amide bonds. The summed E-state index contributed by atoms with van der Waals surface area (Å²) in [5.41, 5.74) is 2.65. The SMILES string of the molecule is Cc1ccccc1NC(=O)N1CCCC1c1nc(-c2ccc(Cl)cc2)no1. The van der Waals surface area contributed by atoms with E-state index < -0.39 is 0 Å². The fraction of sp³-hybridized carbons (Fsp3) is 0.250. The van der Waals surface area contributed by atoms with Gasteiger partial charge in [-0.15, -0.1) is 0 Å². The standard InChI is InChI=1S/C20H19ClN4O2/c1-13-5-2-3-6-16(13)22-20(26)25-12-4-7-17(25)19-23-18(24-27-19)14-8-10-15(21)11-9-14/h2-3,5-6,8-11,17H,4,7,12H2,1H3,(H,22,26). The van der Waals surface area contributed by atoms with E-state index in [-0.39, 0.29) is 12.1 Å². The summed E-state index contributed by atoms with van der Waals surface area (Å²) in [6.45, 7) is 2.62. The molecular formula is C20H19ClN4O2. The molecule has 7 heteroatoms. The van der Waals surface area contributed by atoms with Gasteiger partial charge in [0.2, 0.25) is 11.7 Å². The normalized spacial score (nSPS) is 16.5. The van der Waals surface area contributed by atoms with Gasteiger partial charge >= 0.3 is 6.03 Å². The third-order valence-electron chi connectivity index (χ3n) is 4.73. The molecule has 0 spiro atoms. The number of amides is 2. The molecule has 0 bridgehead atoms. The number of carbonyl (C=O) groups excluding carboxylic acids is 1. The Labute approximate surface area is 162 Å². The number of carbonyl (C=O) groups is 1. The van der Waals surface area contributed by atoms with Crippen LogP contribution in [0.25, 0.3) is 11.4 Å². The number of hydrogen-bond donors (Lipinski definition) is 1. The summed E-state index contributed by atoms with van der Waals surface area (Å²) < 4.78 is 5.47. The van der Waals surface area contributed by atoms with Crippen molar-refractivity contribution in [2.75, 3.05) is 11.9 Å². The molecule has 2 aromatic carbocycles. The van der Waals surface area contributed by atoms with Gasteiger partial charge in [-0.3, -0.25) is 0 Å². The lowest BCUT2D eigenvalue weighted by molar-refractivity contribution is 0.193.